The van der Waals surface area contributed by atoms with E-state index in [0.29, 0.717) is 25.3 Å². The second kappa shape index (κ2) is 9.60. The van der Waals surface area contributed by atoms with Crippen molar-refractivity contribution in [2.24, 2.45) is 0 Å². The first-order chi connectivity index (χ1) is 14.0. The fourth-order valence-electron chi connectivity index (χ4n) is 3.80. The van der Waals surface area contributed by atoms with Gasteiger partial charge in [-0.25, -0.2) is 9.59 Å². The van der Waals surface area contributed by atoms with Gasteiger partial charge in [0.15, 0.2) is 0 Å². The van der Waals surface area contributed by atoms with Crippen molar-refractivity contribution in [3.8, 4) is 0 Å². The van der Waals surface area contributed by atoms with Crippen molar-refractivity contribution < 1.29 is 14.4 Å². The molecule has 2 aliphatic rings. The maximum atomic E-state index is 12.2. The van der Waals surface area contributed by atoms with Crippen LogP contribution in [0.4, 0.5) is 21.0 Å². The first kappa shape index (κ1) is 20.9. The molecule has 2 fully saturated rings. The number of likely N-dealkylation sites (tertiary alicyclic amines) is 1. The first-order valence-electron chi connectivity index (χ1n) is 10.1. The molecule has 1 unspecified atom stereocenters. The van der Waals surface area contributed by atoms with Crippen molar-refractivity contribution in [2.75, 3.05) is 57.0 Å². The Morgan fingerprint density at radius 1 is 1.28 bits per heavy atom. The van der Waals surface area contributed by atoms with Crippen LogP contribution < -0.4 is 20.9 Å². The summed E-state index contributed by atoms with van der Waals surface area (Å²) in [4.78, 5) is 41.7. The van der Waals surface area contributed by atoms with Gasteiger partial charge in [0.1, 0.15) is 0 Å². The molecule has 0 aromatic heterocycles. The fourth-order valence-corrected chi connectivity index (χ4v) is 3.80. The average molecular weight is 402 g/mol. The molecule has 3 rings (SSSR count). The quantitative estimate of drug-likeness (QED) is 0.599. The zero-order chi connectivity index (χ0) is 20.8. The molecule has 0 radical (unpaired) electrons. The van der Waals surface area contributed by atoms with Gasteiger partial charge >= 0.3 is 12.1 Å². The fraction of sp³-hybridized carbons (Fsp3) is 0.550. The number of benzene rings is 1. The zero-order valence-electron chi connectivity index (χ0n) is 17.1. The van der Waals surface area contributed by atoms with Crippen molar-refractivity contribution >= 4 is 29.3 Å². The monoisotopic (exact) mass is 402 g/mol. The van der Waals surface area contributed by atoms with E-state index in [1.807, 2.05) is 12.1 Å². The first-order valence-corrected chi connectivity index (χ1v) is 10.1. The van der Waals surface area contributed by atoms with Gasteiger partial charge < -0.3 is 20.9 Å². The summed E-state index contributed by atoms with van der Waals surface area (Å²) < 4.78 is 0. The number of hydrogen-bond acceptors (Lipinski definition) is 4. The predicted molar refractivity (Wildman–Crippen MR) is 112 cm³/mol. The standard InChI is InChI=1S/C20H30N6O3/c1-24(2)18(27)17-8-4-11-25(17)12-5-9-21-19(28)23-15-6-3-7-16(14-15)26-13-10-22-20(26)29/h3,6-7,14,17H,4-5,8-13H2,1-2H3,(H,22,29)(H2,21,23,28). The van der Waals surface area contributed by atoms with E-state index < -0.39 is 0 Å². The highest BCUT2D eigenvalue weighted by Gasteiger charge is 2.31. The maximum Gasteiger partial charge on any atom is 0.321 e. The largest absolute Gasteiger partial charge is 0.347 e. The van der Waals surface area contributed by atoms with Gasteiger partial charge in [-0.1, -0.05) is 6.07 Å². The number of urea groups is 2. The van der Waals surface area contributed by atoms with E-state index in [-0.39, 0.29) is 24.0 Å². The van der Waals surface area contributed by atoms with Crippen molar-refractivity contribution in [1.82, 2.24) is 20.4 Å². The van der Waals surface area contributed by atoms with E-state index in [9.17, 15) is 14.4 Å². The van der Waals surface area contributed by atoms with Crippen LogP contribution in [0.5, 0.6) is 0 Å². The van der Waals surface area contributed by atoms with E-state index in [1.165, 1.54) is 0 Å². The molecular formula is C20H30N6O3. The number of anilines is 2. The molecule has 9 nitrogen and oxygen atoms in total. The lowest BCUT2D eigenvalue weighted by molar-refractivity contribution is -0.133. The molecule has 29 heavy (non-hydrogen) atoms. The number of carbonyl (C=O) groups is 3. The van der Waals surface area contributed by atoms with Crippen molar-refractivity contribution in [3.05, 3.63) is 24.3 Å². The van der Waals surface area contributed by atoms with Crippen LogP contribution in [0.3, 0.4) is 0 Å². The Kier molecular flexibility index (Phi) is 6.92. The third-order valence-corrected chi connectivity index (χ3v) is 5.27. The third-order valence-electron chi connectivity index (χ3n) is 5.27. The summed E-state index contributed by atoms with van der Waals surface area (Å²) in [6.45, 7) is 3.47. The van der Waals surface area contributed by atoms with E-state index in [0.717, 1.165) is 38.0 Å². The summed E-state index contributed by atoms with van der Waals surface area (Å²) >= 11 is 0. The van der Waals surface area contributed by atoms with E-state index in [2.05, 4.69) is 20.9 Å². The van der Waals surface area contributed by atoms with Crippen LogP contribution in [0.25, 0.3) is 0 Å². The van der Waals surface area contributed by atoms with E-state index in [4.69, 9.17) is 0 Å². The Bertz CT molecular complexity index is 753. The average Bonchev–Trinajstić information content (AvgIpc) is 3.33. The second-order valence-electron chi connectivity index (χ2n) is 7.60. The number of hydrogen-bond donors (Lipinski definition) is 3. The van der Waals surface area contributed by atoms with Crippen LogP contribution in [0.1, 0.15) is 19.3 Å². The number of rotatable bonds is 7. The number of nitrogens with zero attached hydrogens (tertiary/aromatic N) is 3. The Hall–Kier alpha value is -2.81. The van der Waals surface area contributed by atoms with Crippen LogP contribution in [-0.2, 0) is 4.79 Å². The van der Waals surface area contributed by atoms with Gasteiger partial charge in [0, 0.05) is 51.6 Å². The molecule has 2 aliphatic heterocycles. The van der Waals surface area contributed by atoms with Gasteiger partial charge in [-0.15, -0.1) is 0 Å². The highest BCUT2D eigenvalue weighted by molar-refractivity contribution is 5.95. The van der Waals surface area contributed by atoms with Crippen LogP contribution >= 0.6 is 0 Å². The second-order valence-corrected chi connectivity index (χ2v) is 7.60. The van der Waals surface area contributed by atoms with Crippen LogP contribution in [0.15, 0.2) is 24.3 Å². The smallest absolute Gasteiger partial charge is 0.321 e. The lowest BCUT2D eigenvalue weighted by atomic mass is 10.2. The third kappa shape index (κ3) is 5.38. The van der Waals surface area contributed by atoms with Crippen molar-refractivity contribution in [1.29, 1.82) is 0 Å². The molecule has 5 amide bonds. The van der Waals surface area contributed by atoms with Gasteiger partial charge in [-0.3, -0.25) is 14.6 Å². The molecular weight excluding hydrogens is 372 g/mol. The molecule has 0 aliphatic carbocycles. The Morgan fingerprint density at radius 3 is 2.83 bits per heavy atom. The molecule has 1 aromatic rings. The van der Waals surface area contributed by atoms with Crippen molar-refractivity contribution in [3.63, 3.8) is 0 Å². The normalized spacial score (nSPS) is 19.2. The molecule has 158 valence electrons. The molecule has 9 heteroatoms. The molecule has 1 atom stereocenters. The minimum Gasteiger partial charge on any atom is -0.347 e. The predicted octanol–water partition coefficient (Wildman–Crippen LogP) is 1.28. The number of carbonyl (C=O) groups excluding carboxylic acids is 3. The molecule has 1 aromatic carbocycles. The van der Waals surface area contributed by atoms with Gasteiger partial charge in [-0.05, 0) is 44.0 Å². The Balaban J connectivity index is 1.41. The highest BCUT2D eigenvalue weighted by atomic mass is 16.2. The number of likely N-dealkylation sites (N-methyl/N-ethyl adjacent to an activating group) is 1. The molecule has 3 N–H and O–H groups in total. The van der Waals surface area contributed by atoms with Crippen LogP contribution in [0, 0.1) is 0 Å². The van der Waals surface area contributed by atoms with Gasteiger partial charge in [0.2, 0.25) is 5.91 Å². The van der Waals surface area contributed by atoms with E-state index in [1.54, 1.807) is 36.0 Å². The SMILES string of the molecule is CN(C)C(=O)C1CCCN1CCCNC(=O)Nc1cccc(N2CCNC2=O)c1. The minimum atomic E-state index is -0.282. The lowest BCUT2D eigenvalue weighted by Gasteiger charge is -2.26. The topological polar surface area (TPSA) is 97.0 Å². The van der Waals surface area contributed by atoms with Crippen molar-refractivity contribution in [2.45, 2.75) is 25.3 Å². The molecule has 2 heterocycles. The minimum absolute atomic E-state index is 0.0376. The lowest BCUT2D eigenvalue weighted by Crippen LogP contribution is -2.43. The summed E-state index contributed by atoms with van der Waals surface area (Å²) in [5.41, 5.74) is 1.39. The summed E-state index contributed by atoms with van der Waals surface area (Å²) in [5, 5.41) is 8.42. The summed E-state index contributed by atoms with van der Waals surface area (Å²) in [6, 6.07) is 6.78. The summed E-state index contributed by atoms with van der Waals surface area (Å²) in [6.07, 6.45) is 2.71. The summed E-state index contributed by atoms with van der Waals surface area (Å²) in [7, 11) is 3.58. The summed E-state index contributed by atoms with van der Waals surface area (Å²) in [5.74, 6) is 0.153. The van der Waals surface area contributed by atoms with E-state index >= 15 is 0 Å². The highest BCUT2D eigenvalue weighted by Crippen LogP contribution is 2.21. The number of amides is 5. The molecule has 0 saturated carbocycles. The number of nitrogens with one attached hydrogen (secondary N) is 3. The van der Waals surface area contributed by atoms with Crippen LogP contribution in [-0.4, -0.2) is 80.6 Å². The Labute approximate surface area is 171 Å². The van der Waals surface area contributed by atoms with Gasteiger partial charge in [-0.2, -0.15) is 0 Å². The zero-order valence-corrected chi connectivity index (χ0v) is 17.1. The molecule has 0 bridgehead atoms. The Morgan fingerprint density at radius 2 is 2.10 bits per heavy atom. The van der Waals surface area contributed by atoms with Gasteiger partial charge in [0.05, 0.1) is 6.04 Å². The molecule has 0 spiro atoms. The molecule has 2 saturated heterocycles. The maximum absolute atomic E-state index is 12.2. The van der Waals surface area contributed by atoms with Crippen LogP contribution in [0.2, 0.25) is 0 Å². The van der Waals surface area contributed by atoms with Gasteiger partial charge in [0.25, 0.3) is 0 Å².